The zero-order chi connectivity index (χ0) is 16.7. The highest BCUT2D eigenvalue weighted by molar-refractivity contribution is 5.87. The van der Waals surface area contributed by atoms with Crippen LogP contribution in [0.2, 0.25) is 0 Å². The highest BCUT2D eigenvalue weighted by Crippen LogP contribution is 2.13. The number of hydrogen-bond acceptors (Lipinski definition) is 6. The van der Waals surface area contributed by atoms with Crippen molar-refractivity contribution in [2.24, 2.45) is 5.73 Å². The zero-order valence-electron chi connectivity index (χ0n) is 12.9. The van der Waals surface area contributed by atoms with Gasteiger partial charge in [0.2, 0.25) is 5.91 Å². The van der Waals surface area contributed by atoms with Crippen LogP contribution in [0.3, 0.4) is 0 Å². The van der Waals surface area contributed by atoms with E-state index < -0.39 is 30.1 Å². The molecule has 0 aliphatic carbocycles. The Morgan fingerprint density at radius 1 is 1.27 bits per heavy atom. The van der Waals surface area contributed by atoms with Gasteiger partial charge in [-0.25, -0.2) is 4.79 Å². The number of methoxy groups -OCH3 is 2. The first kappa shape index (κ1) is 17.9. The third-order valence-electron chi connectivity index (χ3n) is 3.22. The quantitative estimate of drug-likeness (QED) is 0.591. The Kier molecular flexibility index (Phi) is 6.81. The Balaban J connectivity index is 2.80. The van der Waals surface area contributed by atoms with Crippen molar-refractivity contribution in [3.63, 3.8) is 0 Å². The Bertz CT molecular complexity index is 501. The lowest BCUT2D eigenvalue weighted by Crippen LogP contribution is -2.53. The van der Waals surface area contributed by atoms with Gasteiger partial charge in [-0.3, -0.25) is 4.79 Å². The number of carbonyl (C=O) groups excluding carboxylic acids is 2. The predicted octanol–water partition coefficient (Wildman–Crippen LogP) is -0.396. The molecule has 0 fully saturated rings. The molecule has 2 unspecified atom stereocenters. The summed E-state index contributed by atoms with van der Waals surface area (Å²) < 4.78 is 9.75. The second-order valence-corrected chi connectivity index (χ2v) is 4.90. The molecule has 122 valence electrons. The lowest BCUT2D eigenvalue weighted by Gasteiger charge is -2.20. The van der Waals surface area contributed by atoms with Crippen molar-refractivity contribution >= 4 is 11.9 Å². The lowest BCUT2D eigenvalue weighted by atomic mass is 10.0. The summed E-state index contributed by atoms with van der Waals surface area (Å²) >= 11 is 0. The van der Waals surface area contributed by atoms with Gasteiger partial charge < -0.3 is 25.6 Å². The van der Waals surface area contributed by atoms with Crippen LogP contribution < -0.4 is 15.8 Å². The molecule has 0 spiro atoms. The summed E-state index contributed by atoms with van der Waals surface area (Å²) in [6.45, 7) is 1.40. The third kappa shape index (κ3) is 5.01. The standard InChI is InChI=1S/C15H22N2O5/c1-9(18)13(16)14(19)17-12(15(20)22-3)8-10-4-6-11(21-2)7-5-10/h4-7,9,12-13,18H,8,16H2,1-3H3,(H,17,19)/t9?,12-,13?/m0/s1. The molecule has 0 aliphatic heterocycles. The molecule has 0 bridgehead atoms. The minimum atomic E-state index is -1.11. The van der Waals surface area contributed by atoms with Gasteiger partial charge in [0.1, 0.15) is 17.8 Å². The second-order valence-electron chi connectivity index (χ2n) is 4.90. The monoisotopic (exact) mass is 310 g/mol. The van der Waals surface area contributed by atoms with E-state index in [1.807, 2.05) is 0 Å². The maximum absolute atomic E-state index is 11.9. The number of rotatable bonds is 7. The smallest absolute Gasteiger partial charge is 0.328 e. The molecule has 0 aromatic heterocycles. The summed E-state index contributed by atoms with van der Waals surface area (Å²) in [6.07, 6.45) is -0.770. The third-order valence-corrected chi connectivity index (χ3v) is 3.22. The summed E-state index contributed by atoms with van der Waals surface area (Å²) in [4.78, 5) is 23.7. The molecule has 7 heteroatoms. The highest BCUT2D eigenvalue weighted by atomic mass is 16.5. The number of amides is 1. The number of hydrogen-bond donors (Lipinski definition) is 3. The molecule has 1 amide bonds. The summed E-state index contributed by atoms with van der Waals surface area (Å²) in [5.41, 5.74) is 6.37. The summed E-state index contributed by atoms with van der Waals surface area (Å²) in [6, 6.07) is 5.10. The Morgan fingerprint density at radius 3 is 2.32 bits per heavy atom. The number of aliphatic hydroxyl groups is 1. The van der Waals surface area contributed by atoms with Crippen LogP contribution in [0.1, 0.15) is 12.5 Å². The largest absolute Gasteiger partial charge is 0.497 e. The van der Waals surface area contributed by atoms with Gasteiger partial charge in [0.05, 0.1) is 20.3 Å². The SMILES string of the molecule is COC(=O)[C@H](Cc1ccc(OC)cc1)NC(=O)C(N)C(C)O. The van der Waals surface area contributed by atoms with Crippen molar-refractivity contribution in [1.82, 2.24) is 5.32 Å². The molecule has 0 saturated heterocycles. The van der Waals surface area contributed by atoms with Crippen LogP contribution in [-0.2, 0) is 20.7 Å². The molecular formula is C15H22N2O5. The highest BCUT2D eigenvalue weighted by Gasteiger charge is 2.26. The van der Waals surface area contributed by atoms with Crippen LogP contribution in [0, 0.1) is 0 Å². The lowest BCUT2D eigenvalue weighted by molar-refractivity contribution is -0.145. The van der Waals surface area contributed by atoms with E-state index in [0.717, 1.165) is 5.56 Å². The normalized spacial score (nSPS) is 14.6. The van der Waals surface area contributed by atoms with Crippen LogP contribution in [0.15, 0.2) is 24.3 Å². The summed E-state index contributed by atoms with van der Waals surface area (Å²) in [5.74, 6) is -0.501. The van der Waals surface area contributed by atoms with Crippen molar-refractivity contribution in [2.75, 3.05) is 14.2 Å². The van der Waals surface area contributed by atoms with Crippen molar-refractivity contribution in [2.45, 2.75) is 31.5 Å². The van der Waals surface area contributed by atoms with Crippen molar-refractivity contribution in [3.05, 3.63) is 29.8 Å². The molecule has 0 heterocycles. The van der Waals surface area contributed by atoms with Gasteiger partial charge in [0.25, 0.3) is 0 Å². The van der Waals surface area contributed by atoms with Gasteiger partial charge in [0.15, 0.2) is 0 Å². The van der Waals surface area contributed by atoms with E-state index in [4.69, 9.17) is 10.5 Å². The molecule has 0 radical (unpaired) electrons. The molecule has 7 nitrogen and oxygen atoms in total. The Labute approximate surface area is 129 Å². The van der Waals surface area contributed by atoms with Crippen molar-refractivity contribution in [1.29, 1.82) is 0 Å². The van der Waals surface area contributed by atoms with Gasteiger partial charge in [0, 0.05) is 6.42 Å². The molecule has 22 heavy (non-hydrogen) atoms. The van der Waals surface area contributed by atoms with E-state index in [0.29, 0.717) is 5.75 Å². The predicted molar refractivity (Wildman–Crippen MR) is 80.3 cm³/mol. The van der Waals surface area contributed by atoms with Crippen LogP contribution in [0.25, 0.3) is 0 Å². The number of carbonyl (C=O) groups is 2. The van der Waals surface area contributed by atoms with Gasteiger partial charge >= 0.3 is 5.97 Å². The first-order valence-electron chi connectivity index (χ1n) is 6.83. The van der Waals surface area contributed by atoms with Gasteiger partial charge in [-0.2, -0.15) is 0 Å². The van der Waals surface area contributed by atoms with E-state index >= 15 is 0 Å². The first-order chi connectivity index (χ1) is 10.4. The molecule has 0 aliphatic rings. The topological polar surface area (TPSA) is 111 Å². The number of ether oxygens (including phenoxy) is 2. The Morgan fingerprint density at radius 2 is 1.86 bits per heavy atom. The fraction of sp³-hybridized carbons (Fsp3) is 0.467. The summed E-state index contributed by atoms with van der Waals surface area (Å²) in [7, 11) is 2.80. The molecule has 1 aromatic carbocycles. The minimum absolute atomic E-state index is 0.245. The number of nitrogens with one attached hydrogen (secondary N) is 1. The maximum atomic E-state index is 11.9. The van der Waals surface area contributed by atoms with Crippen molar-refractivity contribution < 1.29 is 24.2 Å². The fourth-order valence-electron chi connectivity index (χ4n) is 1.82. The minimum Gasteiger partial charge on any atom is -0.497 e. The molecule has 3 atom stereocenters. The number of aliphatic hydroxyl groups excluding tert-OH is 1. The van der Waals surface area contributed by atoms with Gasteiger partial charge in [-0.1, -0.05) is 12.1 Å². The van der Waals surface area contributed by atoms with Gasteiger partial charge in [-0.05, 0) is 24.6 Å². The fourth-order valence-corrected chi connectivity index (χ4v) is 1.82. The van der Waals surface area contributed by atoms with Crippen LogP contribution in [-0.4, -0.2) is 49.4 Å². The molecule has 4 N–H and O–H groups in total. The Hall–Kier alpha value is -2.12. The van der Waals surface area contributed by atoms with Crippen LogP contribution in [0.4, 0.5) is 0 Å². The molecule has 1 rings (SSSR count). The molecular weight excluding hydrogens is 288 g/mol. The number of benzene rings is 1. The molecule has 1 aromatic rings. The van der Waals surface area contributed by atoms with Crippen LogP contribution in [0.5, 0.6) is 5.75 Å². The summed E-state index contributed by atoms with van der Waals surface area (Å²) in [5, 5.41) is 11.8. The van der Waals surface area contributed by atoms with E-state index in [1.54, 1.807) is 31.4 Å². The average Bonchev–Trinajstić information content (AvgIpc) is 2.53. The van der Waals surface area contributed by atoms with Crippen molar-refractivity contribution in [3.8, 4) is 5.75 Å². The maximum Gasteiger partial charge on any atom is 0.328 e. The average molecular weight is 310 g/mol. The van der Waals surface area contributed by atoms with E-state index in [1.165, 1.54) is 14.0 Å². The van der Waals surface area contributed by atoms with E-state index in [2.05, 4.69) is 10.1 Å². The van der Waals surface area contributed by atoms with E-state index in [9.17, 15) is 14.7 Å². The van der Waals surface area contributed by atoms with Crippen LogP contribution >= 0.6 is 0 Å². The number of esters is 1. The van der Waals surface area contributed by atoms with E-state index in [-0.39, 0.29) is 6.42 Å². The number of nitrogens with two attached hydrogens (primary N) is 1. The second kappa shape index (κ2) is 8.35. The van der Waals surface area contributed by atoms with Gasteiger partial charge in [-0.15, -0.1) is 0 Å². The molecule has 0 saturated carbocycles. The zero-order valence-corrected chi connectivity index (χ0v) is 12.9. The first-order valence-corrected chi connectivity index (χ1v) is 6.83.